The SMILES string of the molecule is Cc1ccc(CNS(=O)(=O)c2cc(C)c(CN)s2)cn1. The maximum Gasteiger partial charge on any atom is 0.250 e. The van der Waals surface area contributed by atoms with Crippen molar-refractivity contribution in [1.29, 1.82) is 0 Å². The van der Waals surface area contributed by atoms with E-state index >= 15 is 0 Å². The predicted molar refractivity (Wildman–Crippen MR) is 79.9 cm³/mol. The van der Waals surface area contributed by atoms with Crippen molar-refractivity contribution in [1.82, 2.24) is 9.71 Å². The molecule has 0 fully saturated rings. The number of hydrogen-bond acceptors (Lipinski definition) is 5. The molecule has 0 aromatic carbocycles. The van der Waals surface area contributed by atoms with Crippen LogP contribution in [-0.4, -0.2) is 13.4 Å². The van der Waals surface area contributed by atoms with Gasteiger partial charge in [-0.3, -0.25) is 4.98 Å². The fourth-order valence-corrected chi connectivity index (χ4v) is 4.21. The second-order valence-electron chi connectivity index (χ2n) is 4.51. The molecule has 0 aliphatic carbocycles. The highest BCUT2D eigenvalue weighted by Crippen LogP contribution is 2.25. The number of sulfonamides is 1. The molecule has 0 unspecified atom stereocenters. The summed E-state index contributed by atoms with van der Waals surface area (Å²) in [4.78, 5) is 5.03. The van der Waals surface area contributed by atoms with Gasteiger partial charge in [0.25, 0.3) is 0 Å². The van der Waals surface area contributed by atoms with E-state index in [1.165, 1.54) is 11.3 Å². The van der Waals surface area contributed by atoms with Gasteiger partial charge in [0.2, 0.25) is 10.0 Å². The van der Waals surface area contributed by atoms with Crippen LogP contribution in [0.2, 0.25) is 0 Å². The summed E-state index contributed by atoms with van der Waals surface area (Å²) < 4.78 is 27.3. The van der Waals surface area contributed by atoms with Gasteiger partial charge in [0.05, 0.1) is 0 Å². The molecule has 0 amide bonds. The lowest BCUT2D eigenvalue weighted by Crippen LogP contribution is -2.22. The summed E-state index contributed by atoms with van der Waals surface area (Å²) in [5.41, 5.74) is 8.21. The molecular weight excluding hydrogens is 294 g/mol. The Morgan fingerprint density at radius 2 is 2.10 bits per heavy atom. The van der Waals surface area contributed by atoms with Crippen molar-refractivity contribution in [2.75, 3.05) is 0 Å². The number of pyridine rings is 1. The highest BCUT2D eigenvalue weighted by Gasteiger charge is 2.18. The van der Waals surface area contributed by atoms with Crippen molar-refractivity contribution in [3.63, 3.8) is 0 Å². The molecule has 108 valence electrons. The van der Waals surface area contributed by atoms with Gasteiger partial charge in [0.15, 0.2) is 0 Å². The monoisotopic (exact) mass is 311 g/mol. The molecule has 0 saturated heterocycles. The van der Waals surface area contributed by atoms with Crippen LogP contribution >= 0.6 is 11.3 Å². The first-order valence-electron chi connectivity index (χ1n) is 6.13. The van der Waals surface area contributed by atoms with Crippen LogP contribution in [0, 0.1) is 13.8 Å². The number of hydrogen-bond donors (Lipinski definition) is 2. The lowest BCUT2D eigenvalue weighted by atomic mass is 10.2. The van der Waals surface area contributed by atoms with Gasteiger partial charge in [-0.2, -0.15) is 0 Å². The van der Waals surface area contributed by atoms with E-state index in [9.17, 15) is 8.42 Å². The van der Waals surface area contributed by atoms with Crippen molar-refractivity contribution in [2.45, 2.75) is 31.1 Å². The number of nitrogens with two attached hydrogens (primary N) is 1. The number of rotatable bonds is 5. The largest absolute Gasteiger partial charge is 0.326 e. The number of nitrogens with zero attached hydrogens (tertiary/aromatic N) is 1. The minimum Gasteiger partial charge on any atom is -0.326 e. The Labute approximate surface area is 122 Å². The summed E-state index contributed by atoms with van der Waals surface area (Å²) in [7, 11) is -3.50. The Hall–Kier alpha value is -1.28. The molecule has 2 aromatic heterocycles. The Morgan fingerprint density at radius 1 is 1.35 bits per heavy atom. The molecule has 3 N–H and O–H groups in total. The van der Waals surface area contributed by atoms with Crippen LogP contribution in [0.15, 0.2) is 28.6 Å². The zero-order valence-electron chi connectivity index (χ0n) is 11.4. The van der Waals surface area contributed by atoms with E-state index in [0.717, 1.165) is 21.7 Å². The lowest BCUT2D eigenvalue weighted by Gasteiger charge is -2.04. The average molecular weight is 311 g/mol. The quantitative estimate of drug-likeness (QED) is 0.880. The van der Waals surface area contributed by atoms with Gasteiger partial charge in [0, 0.05) is 29.9 Å². The van der Waals surface area contributed by atoms with Crippen LogP contribution in [0.1, 0.15) is 21.7 Å². The van der Waals surface area contributed by atoms with E-state index in [4.69, 9.17) is 5.73 Å². The zero-order valence-corrected chi connectivity index (χ0v) is 13.0. The van der Waals surface area contributed by atoms with Gasteiger partial charge in [-0.1, -0.05) is 6.07 Å². The number of nitrogens with one attached hydrogen (secondary N) is 1. The third-order valence-electron chi connectivity index (χ3n) is 2.89. The molecule has 5 nitrogen and oxygen atoms in total. The lowest BCUT2D eigenvalue weighted by molar-refractivity contribution is 0.583. The molecule has 2 aromatic rings. The molecule has 20 heavy (non-hydrogen) atoms. The van der Waals surface area contributed by atoms with Gasteiger partial charge < -0.3 is 5.73 Å². The summed E-state index contributed by atoms with van der Waals surface area (Å²) in [6.45, 7) is 4.33. The van der Waals surface area contributed by atoms with Crippen molar-refractivity contribution < 1.29 is 8.42 Å². The molecule has 0 bridgehead atoms. The second-order valence-corrected chi connectivity index (χ2v) is 7.64. The standard InChI is InChI=1S/C13H17N3O2S2/c1-9-5-13(19-12(9)6-14)20(17,18)16-8-11-4-3-10(2)15-7-11/h3-5,7,16H,6,8,14H2,1-2H3. The molecule has 0 saturated carbocycles. The molecule has 0 spiro atoms. The number of aryl methyl sites for hydroxylation is 2. The summed E-state index contributed by atoms with van der Waals surface area (Å²) >= 11 is 1.21. The molecular formula is C13H17N3O2S2. The summed E-state index contributed by atoms with van der Waals surface area (Å²) in [5, 5.41) is 0. The molecule has 0 aliphatic heterocycles. The Balaban J connectivity index is 2.12. The molecule has 2 rings (SSSR count). The minimum atomic E-state index is -3.50. The van der Waals surface area contributed by atoms with E-state index < -0.39 is 10.0 Å². The van der Waals surface area contributed by atoms with E-state index in [0.29, 0.717) is 10.8 Å². The highest BCUT2D eigenvalue weighted by atomic mass is 32.2. The van der Waals surface area contributed by atoms with Crippen LogP contribution in [0.25, 0.3) is 0 Å². The molecule has 0 aliphatic rings. The fraction of sp³-hybridized carbons (Fsp3) is 0.308. The van der Waals surface area contributed by atoms with E-state index in [2.05, 4.69) is 9.71 Å². The van der Waals surface area contributed by atoms with Crippen molar-refractivity contribution in [2.24, 2.45) is 5.73 Å². The van der Waals surface area contributed by atoms with Gasteiger partial charge in [-0.25, -0.2) is 13.1 Å². The van der Waals surface area contributed by atoms with Crippen molar-refractivity contribution >= 4 is 21.4 Å². The maximum absolute atomic E-state index is 12.2. The average Bonchev–Trinajstić information content (AvgIpc) is 2.80. The fourth-order valence-electron chi connectivity index (χ4n) is 1.68. The van der Waals surface area contributed by atoms with Crippen LogP contribution in [0.3, 0.4) is 0 Å². The summed E-state index contributed by atoms with van der Waals surface area (Å²) in [6, 6.07) is 5.36. The summed E-state index contributed by atoms with van der Waals surface area (Å²) in [6.07, 6.45) is 1.67. The van der Waals surface area contributed by atoms with Gasteiger partial charge >= 0.3 is 0 Å². The first-order chi connectivity index (χ1) is 9.42. The smallest absolute Gasteiger partial charge is 0.250 e. The maximum atomic E-state index is 12.2. The van der Waals surface area contributed by atoms with Gasteiger partial charge in [-0.05, 0) is 37.1 Å². The Morgan fingerprint density at radius 3 is 2.65 bits per heavy atom. The van der Waals surface area contributed by atoms with E-state index in [-0.39, 0.29) is 6.54 Å². The number of thiophene rings is 1. The zero-order chi connectivity index (χ0) is 14.8. The van der Waals surface area contributed by atoms with E-state index in [1.54, 1.807) is 12.3 Å². The normalized spacial score (nSPS) is 11.8. The topological polar surface area (TPSA) is 85.1 Å². The molecule has 2 heterocycles. The van der Waals surface area contributed by atoms with Crippen LogP contribution in [0.5, 0.6) is 0 Å². The first-order valence-corrected chi connectivity index (χ1v) is 8.43. The molecule has 0 radical (unpaired) electrons. The Bertz CT molecular complexity index is 691. The van der Waals surface area contributed by atoms with Crippen LogP contribution in [-0.2, 0) is 23.1 Å². The van der Waals surface area contributed by atoms with E-state index in [1.807, 2.05) is 26.0 Å². The third-order valence-corrected chi connectivity index (χ3v) is 6.02. The molecule has 7 heteroatoms. The summed E-state index contributed by atoms with van der Waals surface area (Å²) in [5.74, 6) is 0. The van der Waals surface area contributed by atoms with Crippen molar-refractivity contribution in [3.05, 3.63) is 46.1 Å². The first kappa shape index (κ1) is 15.1. The minimum absolute atomic E-state index is 0.227. The van der Waals surface area contributed by atoms with Crippen LogP contribution < -0.4 is 10.5 Å². The van der Waals surface area contributed by atoms with Crippen molar-refractivity contribution in [3.8, 4) is 0 Å². The predicted octanol–water partition coefficient (Wildman–Crippen LogP) is 1.70. The van der Waals surface area contributed by atoms with Gasteiger partial charge in [-0.15, -0.1) is 11.3 Å². The molecule has 0 atom stereocenters. The Kier molecular flexibility index (Phi) is 4.54. The van der Waals surface area contributed by atoms with Crippen LogP contribution in [0.4, 0.5) is 0 Å². The highest BCUT2D eigenvalue weighted by molar-refractivity contribution is 7.91. The second kappa shape index (κ2) is 6.01. The number of aromatic nitrogens is 1. The third kappa shape index (κ3) is 3.43. The van der Waals surface area contributed by atoms with Gasteiger partial charge in [0.1, 0.15) is 4.21 Å².